The monoisotopic (exact) mass is 412 g/mol. The molecule has 1 saturated heterocycles. The number of hydrogen-bond donors (Lipinski definition) is 1. The van der Waals surface area contributed by atoms with Crippen molar-refractivity contribution in [3.63, 3.8) is 0 Å². The first-order chi connectivity index (χ1) is 13.8. The Labute approximate surface area is 164 Å². The van der Waals surface area contributed by atoms with E-state index in [4.69, 9.17) is 10.3 Å². The molecule has 1 aromatic carbocycles. The Morgan fingerprint density at radius 2 is 2.00 bits per heavy atom. The number of likely N-dealkylation sites (tertiary alicyclic amines) is 1. The summed E-state index contributed by atoms with van der Waals surface area (Å²) in [4.78, 5) is 18.4. The molecule has 0 radical (unpaired) electrons. The van der Waals surface area contributed by atoms with Gasteiger partial charge in [0.2, 0.25) is 17.6 Å². The lowest BCUT2D eigenvalue weighted by molar-refractivity contribution is -0.132. The second-order valence-electron chi connectivity index (χ2n) is 7.69. The summed E-state index contributed by atoms with van der Waals surface area (Å²) in [5, 5.41) is 3.70. The van der Waals surface area contributed by atoms with E-state index in [0.717, 1.165) is 6.07 Å². The minimum Gasteiger partial charge on any atom is -0.337 e. The molecular formula is C19H20F4N4O2. The summed E-state index contributed by atoms with van der Waals surface area (Å²) in [7, 11) is 0. The van der Waals surface area contributed by atoms with Crippen molar-refractivity contribution in [3.05, 3.63) is 46.9 Å². The largest absolute Gasteiger partial charge is 0.337 e. The van der Waals surface area contributed by atoms with E-state index < -0.39 is 35.2 Å². The third-order valence-corrected chi connectivity index (χ3v) is 5.40. The summed E-state index contributed by atoms with van der Waals surface area (Å²) >= 11 is 0. The lowest BCUT2D eigenvalue weighted by atomic mass is 10.0. The molecule has 1 unspecified atom stereocenters. The maximum Gasteiger partial charge on any atom is 0.249 e. The van der Waals surface area contributed by atoms with Crippen LogP contribution in [0.25, 0.3) is 0 Å². The van der Waals surface area contributed by atoms with Crippen LogP contribution in [-0.4, -0.2) is 33.5 Å². The summed E-state index contributed by atoms with van der Waals surface area (Å²) in [6.07, 6.45) is 1.77. The third kappa shape index (κ3) is 3.98. The van der Waals surface area contributed by atoms with Crippen molar-refractivity contribution in [2.75, 3.05) is 6.54 Å². The van der Waals surface area contributed by atoms with Gasteiger partial charge in [-0.1, -0.05) is 5.16 Å². The maximum atomic E-state index is 14.1. The van der Waals surface area contributed by atoms with E-state index in [1.165, 1.54) is 4.90 Å². The molecule has 29 heavy (non-hydrogen) atoms. The molecule has 1 aromatic heterocycles. The van der Waals surface area contributed by atoms with Crippen LogP contribution >= 0.6 is 0 Å². The molecule has 156 valence electrons. The Bertz CT molecular complexity index is 931. The molecule has 0 spiro atoms. The van der Waals surface area contributed by atoms with Gasteiger partial charge < -0.3 is 15.2 Å². The van der Waals surface area contributed by atoms with Gasteiger partial charge >= 0.3 is 0 Å². The topological polar surface area (TPSA) is 85.3 Å². The average molecular weight is 412 g/mol. The summed E-state index contributed by atoms with van der Waals surface area (Å²) in [5.41, 5.74) is 4.34. The Balaban J connectivity index is 1.41. The van der Waals surface area contributed by atoms with Gasteiger partial charge in [-0.05, 0) is 43.7 Å². The fourth-order valence-electron chi connectivity index (χ4n) is 3.62. The summed E-state index contributed by atoms with van der Waals surface area (Å²) in [5.74, 6) is -3.47. The molecule has 1 saturated carbocycles. The minimum absolute atomic E-state index is 0.0114. The number of carbonyl (C=O) groups is 1. The Morgan fingerprint density at radius 1 is 1.28 bits per heavy atom. The third-order valence-electron chi connectivity index (χ3n) is 5.40. The van der Waals surface area contributed by atoms with Gasteiger partial charge in [-0.15, -0.1) is 0 Å². The molecule has 2 fully saturated rings. The van der Waals surface area contributed by atoms with Crippen molar-refractivity contribution < 1.29 is 26.9 Å². The molecule has 1 aliphatic carbocycles. The Hall–Kier alpha value is -2.49. The molecule has 2 aromatic rings. The highest BCUT2D eigenvalue weighted by Crippen LogP contribution is 2.48. The zero-order chi connectivity index (χ0) is 20.8. The number of alkyl halides is 1. The van der Waals surface area contributed by atoms with Gasteiger partial charge in [0, 0.05) is 25.1 Å². The van der Waals surface area contributed by atoms with Crippen LogP contribution in [0.1, 0.15) is 55.4 Å². The molecule has 1 amide bonds. The number of carbonyl (C=O) groups excluding carboxylic acids is 1. The number of rotatable bonds is 6. The molecule has 2 aliphatic rings. The predicted molar refractivity (Wildman–Crippen MR) is 92.6 cm³/mol. The number of nitrogens with zero attached hydrogens (tertiary/aromatic N) is 3. The normalized spacial score (nSPS) is 21.4. The molecular weight excluding hydrogens is 392 g/mol. The van der Waals surface area contributed by atoms with Crippen molar-refractivity contribution in [2.45, 2.75) is 56.3 Å². The van der Waals surface area contributed by atoms with E-state index in [1.807, 2.05) is 0 Å². The quantitative estimate of drug-likeness (QED) is 0.582. The van der Waals surface area contributed by atoms with E-state index in [1.54, 1.807) is 0 Å². The van der Waals surface area contributed by atoms with Crippen LogP contribution in [0.5, 0.6) is 0 Å². The van der Waals surface area contributed by atoms with Gasteiger partial charge in [-0.2, -0.15) is 4.98 Å². The van der Waals surface area contributed by atoms with Crippen LogP contribution in [-0.2, 0) is 16.9 Å². The summed E-state index contributed by atoms with van der Waals surface area (Å²) < 4.78 is 59.5. The number of halogens is 4. The number of amides is 1. The Morgan fingerprint density at radius 3 is 2.72 bits per heavy atom. The van der Waals surface area contributed by atoms with Gasteiger partial charge in [0.15, 0.2) is 17.3 Å². The molecule has 1 aliphatic heterocycles. The minimum atomic E-state index is -1.52. The maximum absolute atomic E-state index is 14.1. The highest BCUT2D eigenvalue weighted by atomic mass is 19.2. The van der Waals surface area contributed by atoms with Gasteiger partial charge in [0.05, 0.1) is 0 Å². The lowest BCUT2D eigenvalue weighted by Crippen LogP contribution is -2.36. The number of hydrogen-bond acceptors (Lipinski definition) is 5. The summed E-state index contributed by atoms with van der Waals surface area (Å²) in [6.45, 7) is 0.453. The first kappa shape index (κ1) is 19.8. The van der Waals surface area contributed by atoms with E-state index in [0.29, 0.717) is 38.3 Å². The standard InChI is InChI=1S/C19H20F4N4O2/c20-12-9-14(22)13(21)7-10(12)6-11(24)8-16(28)27-5-1-2-15(27)17-25-18(26-29-17)19(23)3-4-19/h7,9,11,15H,1-6,8,24H2/t11-,15?/m1/s1. The molecule has 4 rings (SSSR count). The van der Waals surface area contributed by atoms with Gasteiger partial charge in [0.25, 0.3) is 0 Å². The highest BCUT2D eigenvalue weighted by molar-refractivity contribution is 5.77. The van der Waals surface area contributed by atoms with Crippen LogP contribution in [0.2, 0.25) is 0 Å². The fourth-order valence-corrected chi connectivity index (χ4v) is 3.62. The van der Waals surface area contributed by atoms with Crippen LogP contribution in [0, 0.1) is 17.5 Å². The van der Waals surface area contributed by atoms with Crippen molar-refractivity contribution in [1.29, 1.82) is 0 Å². The number of nitrogens with two attached hydrogens (primary N) is 1. The van der Waals surface area contributed by atoms with Crippen LogP contribution < -0.4 is 5.73 Å². The van der Waals surface area contributed by atoms with Gasteiger partial charge in [-0.25, -0.2) is 17.6 Å². The SMILES string of the molecule is N[C@@H](CC(=O)N1CCCC1c1nc(C2(F)CC2)no1)Cc1cc(F)c(F)cc1F. The fraction of sp³-hybridized carbons (Fsp3) is 0.526. The first-order valence-corrected chi connectivity index (χ1v) is 9.48. The number of benzene rings is 1. The van der Waals surface area contributed by atoms with Crippen LogP contribution in [0.4, 0.5) is 17.6 Å². The first-order valence-electron chi connectivity index (χ1n) is 9.48. The molecule has 10 heteroatoms. The van der Waals surface area contributed by atoms with Gasteiger partial charge in [0.1, 0.15) is 11.9 Å². The van der Waals surface area contributed by atoms with Crippen LogP contribution in [0.3, 0.4) is 0 Å². The van der Waals surface area contributed by atoms with E-state index in [9.17, 15) is 22.4 Å². The van der Waals surface area contributed by atoms with Crippen molar-refractivity contribution >= 4 is 5.91 Å². The number of aromatic nitrogens is 2. The summed E-state index contributed by atoms with van der Waals surface area (Å²) in [6, 6.07) is -0.0428. The average Bonchev–Trinajstić information content (AvgIpc) is 3.10. The molecule has 6 nitrogen and oxygen atoms in total. The van der Waals surface area contributed by atoms with Crippen LogP contribution in [0.15, 0.2) is 16.7 Å². The molecule has 2 atom stereocenters. The second-order valence-corrected chi connectivity index (χ2v) is 7.69. The highest BCUT2D eigenvalue weighted by Gasteiger charge is 2.50. The Kier molecular flexibility index (Phi) is 5.05. The van der Waals surface area contributed by atoms with Crippen molar-refractivity contribution in [2.24, 2.45) is 5.73 Å². The lowest BCUT2D eigenvalue weighted by Gasteiger charge is -2.23. The van der Waals surface area contributed by atoms with E-state index >= 15 is 0 Å². The zero-order valence-corrected chi connectivity index (χ0v) is 15.5. The molecule has 0 bridgehead atoms. The van der Waals surface area contributed by atoms with E-state index in [2.05, 4.69) is 10.1 Å². The molecule has 2 N–H and O–H groups in total. The molecule has 2 heterocycles. The zero-order valence-electron chi connectivity index (χ0n) is 15.5. The second kappa shape index (κ2) is 7.40. The predicted octanol–water partition coefficient (Wildman–Crippen LogP) is 3.07. The smallest absolute Gasteiger partial charge is 0.249 e. The van der Waals surface area contributed by atoms with Gasteiger partial charge in [-0.3, -0.25) is 4.79 Å². The van der Waals surface area contributed by atoms with Crippen molar-refractivity contribution in [1.82, 2.24) is 15.0 Å². The van der Waals surface area contributed by atoms with Crippen molar-refractivity contribution in [3.8, 4) is 0 Å². The van der Waals surface area contributed by atoms with E-state index in [-0.39, 0.29) is 36.0 Å².